The van der Waals surface area contributed by atoms with Crippen molar-refractivity contribution in [3.05, 3.63) is 47.5 Å². The lowest BCUT2D eigenvalue weighted by Gasteiger charge is -2.31. The van der Waals surface area contributed by atoms with E-state index in [2.05, 4.69) is 69.7 Å². The molecule has 0 radical (unpaired) electrons. The van der Waals surface area contributed by atoms with Gasteiger partial charge in [-0.25, -0.2) is 0 Å². The van der Waals surface area contributed by atoms with E-state index in [0.717, 1.165) is 37.8 Å². The molecule has 1 atom stereocenters. The second-order valence-corrected chi connectivity index (χ2v) is 7.35. The van der Waals surface area contributed by atoms with Crippen LogP contribution in [0.1, 0.15) is 37.0 Å². The quantitative estimate of drug-likeness (QED) is 0.829. The molecular weight excluding hydrogens is 314 g/mol. The topological polar surface area (TPSA) is 57.4 Å². The van der Waals surface area contributed by atoms with E-state index >= 15 is 0 Å². The zero-order chi connectivity index (χ0) is 17.8. The molecule has 6 nitrogen and oxygen atoms in total. The number of hydrogen-bond acceptors (Lipinski definition) is 5. The number of nitrogens with zero attached hydrogens (tertiary/aromatic N) is 5. The summed E-state index contributed by atoms with van der Waals surface area (Å²) in [6.45, 7) is 9.08. The first-order valence-electron chi connectivity index (χ1n) is 9.07. The summed E-state index contributed by atoms with van der Waals surface area (Å²) in [4.78, 5) is 4.44. The summed E-state index contributed by atoms with van der Waals surface area (Å²) in [5, 5.41) is 19.1. The van der Waals surface area contributed by atoms with Crippen molar-refractivity contribution in [1.29, 1.82) is 0 Å². The number of aliphatic hydroxyl groups is 1. The Hall–Kier alpha value is -1.76. The van der Waals surface area contributed by atoms with Crippen LogP contribution in [0.25, 0.3) is 0 Å². The zero-order valence-corrected chi connectivity index (χ0v) is 15.5. The van der Waals surface area contributed by atoms with Crippen molar-refractivity contribution in [2.24, 2.45) is 0 Å². The maximum atomic E-state index is 10.5. The third kappa shape index (κ3) is 4.66. The molecule has 136 valence electrons. The van der Waals surface area contributed by atoms with Crippen LogP contribution in [0.3, 0.4) is 0 Å². The molecule has 25 heavy (non-hydrogen) atoms. The second-order valence-electron chi connectivity index (χ2n) is 7.35. The van der Waals surface area contributed by atoms with Crippen molar-refractivity contribution in [3.8, 4) is 0 Å². The minimum Gasteiger partial charge on any atom is -0.390 e. The van der Waals surface area contributed by atoms with Gasteiger partial charge in [0.15, 0.2) is 0 Å². The maximum Gasteiger partial charge on any atom is 0.147 e. The Balaban J connectivity index is 1.49. The molecule has 0 spiro atoms. The average Bonchev–Trinajstić information content (AvgIpc) is 2.98. The van der Waals surface area contributed by atoms with Crippen molar-refractivity contribution in [1.82, 2.24) is 24.6 Å². The largest absolute Gasteiger partial charge is 0.390 e. The number of hydrogen-bond donors (Lipinski definition) is 1. The van der Waals surface area contributed by atoms with Crippen LogP contribution in [-0.2, 0) is 19.6 Å². The monoisotopic (exact) mass is 343 g/mol. The molecule has 1 aliphatic heterocycles. The van der Waals surface area contributed by atoms with Crippen LogP contribution < -0.4 is 0 Å². The average molecular weight is 343 g/mol. The predicted octanol–water partition coefficient (Wildman–Crippen LogP) is 1.71. The van der Waals surface area contributed by atoms with Gasteiger partial charge < -0.3 is 9.67 Å². The normalized spacial score (nSPS) is 16.4. The summed E-state index contributed by atoms with van der Waals surface area (Å²) >= 11 is 0. The molecule has 0 aliphatic carbocycles. The lowest BCUT2D eigenvalue weighted by Crippen LogP contribution is -2.42. The first kappa shape index (κ1) is 18.0. The third-order valence-electron chi connectivity index (χ3n) is 4.66. The van der Waals surface area contributed by atoms with Crippen molar-refractivity contribution in [2.75, 3.05) is 26.7 Å². The summed E-state index contributed by atoms with van der Waals surface area (Å²) in [6.07, 6.45) is -0.368. The fourth-order valence-corrected chi connectivity index (χ4v) is 3.49. The van der Waals surface area contributed by atoms with Crippen LogP contribution >= 0.6 is 0 Å². The molecule has 1 aliphatic rings. The molecular formula is C19H29N5O. The van der Waals surface area contributed by atoms with Gasteiger partial charge >= 0.3 is 0 Å². The molecule has 1 aromatic carbocycles. The van der Waals surface area contributed by atoms with Crippen LogP contribution in [0.2, 0.25) is 0 Å². The molecule has 0 fully saturated rings. The smallest absolute Gasteiger partial charge is 0.147 e. The van der Waals surface area contributed by atoms with Gasteiger partial charge in [-0.1, -0.05) is 44.2 Å². The molecule has 0 saturated heterocycles. The Labute approximate surface area is 150 Å². The summed E-state index contributed by atoms with van der Waals surface area (Å²) in [6, 6.07) is 10.4. The van der Waals surface area contributed by atoms with E-state index in [1.165, 1.54) is 5.56 Å². The number of β-amino-alcohol motifs (C(OH)–C–C–N with tert-alkyl or cyclic N) is 1. The number of benzene rings is 1. The minimum atomic E-state index is -0.368. The zero-order valence-electron chi connectivity index (χ0n) is 15.5. The molecule has 2 heterocycles. The fourth-order valence-electron chi connectivity index (χ4n) is 3.49. The molecule has 1 aromatic heterocycles. The molecule has 0 unspecified atom stereocenters. The van der Waals surface area contributed by atoms with Gasteiger partial charge in [0.25, 0.3) is 0 Å². The number of likely N-dealkylation sites (N-methyl/N-ethyl adjacent to an activating group) is 1. The highest BCUT2D eigenvalue weighted by Gasteiger charge is 2.24. The van der Waals surface area contributed by atoms with Crippen molar-refractivity contribution < 1.29 is 5.11 Å². The Morgan fingerprint density at radius 3 is 2.64 bits per heavy atom. The van der Waals surface area contributed by atoms with E-state index < -0.39 is 0 Å². The van der Waals surface area contributed by atoms with Crippen LogP contribution in [0.5, 0.6) is 0 Å². The molecule has 0 amide bonds. The molecule has 0 saturated carbocycles. The van der Waals surface area contributed by atoms with E-state index in [4.69, 9.17) is 0 Å². The van der Waals surface area contributed by atoms with Crippen LogP contribution in [-0.4, -0.2) is 62.5 Å². The van der Waals surface area contributed by atoms with Gasteiger partial charge in [-0.2, -0.15) is 0 Å². The van der Waals surface area contributed by atoms with Crippen molar-refractivity contribution >= 4 is 0 Å². The summed E-state index contributed by atoms with van der Waals surface area (Å²) in [7, 11) is 2.05. The van der Waals surface area contributed by atoms with Gasteiger partial charge in [0.05, 0.1) is 12.6 Å². The first-order chi connectivity index (χ1) is 12.0. The Kier molecular flexibility index (Phi) is 5.83. The highest BCUT2D eigenvalue weighted by Crippen LogP contribution is 2.18. The van der Waals surface area contributed by atoms with Gasteiger partial charge in [0.2, 0.25) is 0 Å². The van der Waals surface area contributed by atoms with E-state index in [1.54, 1.807) is 0 Å². The molecule has 0 bridgehead atoms. The van der Waals surface area contributed by atoms with Gasteiger partial charge in [-0.3, -0.25) is 9.80 Å². The Bertz CT molecular complexity index is 670. The van der Waals surface area contributed by atoms with E-state index in [9.17, 15) is 5.11 Å². The summed E-state index contributed by atoms with van der Waals surface area (Å²) < 4.78 is 2.23. The Morgan fingerprint density at radius 2 is 1.92 bits per heavy atom. The van der Waals surface area contributed by atoms with Crippen LogP contribution in [0, 0.1) is 0 Å². The summed E-state index contributed by atoms with van der Waals surface area (Å²) in [5.74, 6) is 2.47. The van der Waals surface area contributed by atoms with Gasteiger partial charge in [-0.05, 0) is 12.6 Å². The first-order valence-corrected chi connectivity index (χ1v) is 9.07. The van der Waals surface area contributed by atoms with Crippen molar-refractivity contribution in [3.63, 3.8) is 0 Å². The van der Waals surface area contributed by atoms with Crippen LogP contribution in [0.15, 0.2) is 30.3 Å². The minimum absolute atomic E-state index is 0.368. The lowest BCUT2D eigenvalue weighted by molar-refractivity contribution is 0.0685. The molecule has 3 rings (SSSR count). The number of aromatic nitrogens is 3. The standard InChI is InChI=1S/C19H29N5O/c1-15(2)19-21-20-18-14-23(9-10-24(18)19)13-17(25)12-22(3)11-16-7-5-4-6-8-16/h4-8,15,17,25H,9-14H2,1-3H3/t17-/m0/s1. The molecule has 2 aromatic rings. The fraction of sp³-hybridized carbons (Fsp3) is 0.579. The van der Waals surface area contributed by atoms with Gasteiger partial charge in [0, 0.05) is 38.6 Å². The second kappa shape index (κ2) is 8.08. The lowest BCUT2D eigenvalue weighted by atomic mass is 10.2. The number of rotatable bonds is 7. The van der Waals surface area contributed by atoms with E-state index in [1.807, 2.05) is 6.07 Å². The van der Waals surface area contributed by atoms with Gasteiger partial charge in [-0.15, -0.1) is 10.2 Å². The SMILES string of the molecule is CC(C)c1nnc2n1CCN(C[C@@H](O)CN(C)Cc1ccccc1)C2. The molecule has 6 heteroatoms. The van der Waals surface area contributed by atoms with E-state index in [-0.39, 0.29) is 6.10 Å². The third-order valence-corrected chi connectivity index (χ3v) is 4.66. The highest BCUT2D eigenvalue weighted by atomic mass is 16.3. The van der Waals surface area contributed by atoms with Crippen LogP contribution in [0.4, 0.5) is 0 Å². The summed E-state index contributed by atoms with van der Waals surface area (Å²) in [5.41, 5.74) is 1.27. The maximum absolute atomic E-state index is 10.5. The number of aliphatic hydroxyl groups excluding tert-OH is 1. The highest BCUT2D eigenvalue weighted by molar-refractivity contribution is 5.14. The Morgan fingerprint density at radius 1 is 1.16 bits per heavy atom. The number of fused-ring (bicyclic) bond motifs is 1. The van der Waals surface area contributed by atoms with Crippen molar-refractivity contribution in [2.45, 2.75) is 45.5 Å². The molecule has 1 N–H and O–H groups in total. The predicted molar refractivity (Wildman–Crippen MR) is 98.2 cm³/mol. The van der Waals surface area contributed by atoms with E-state index in [0.29, 0.717) is 19.0 Å². The van der Waals surface area contributed by atoms with Gasteiger partial charge in [0.1, 0.15) is 11.6 Å².